The first-order valence-electron chi connectivity index (χ1n) is 9.71. The predicted molar refractivity (Wildman–Crippen MR) is 96.8 cm³/mol. The highest BCUT2D eigenvalue weighted by molar-refractivity contribution is 5.81. The van der Waals surface area contributed by atoms with E-state index in [1.54, 1.807) is 0 Å². The minimum atomic E-state index is -0.694. The molecule has 0 aliphatic carbocycles. The molecule has 0 aromatic rings. The second-order valence-electron chi connectivity index (χ2n) is 8.18. The topological polar surface area (TPSA) is 66.8 Å². The van der Waals surface area contributed by atoms with E-state index in [9.17, 15) is 15.0 Å². The van der Waals surface area contributed by atoms with Gasteiger partial charge in [-0.1, -0.05) is 34.1 Å². The van der Waals surface area contributed by atoms with Crippen LogP contribution in [0.25, 0.3) is 0 Å². The molecule has 4 nitrogen and oxygen atoms in total. The fourth-order valence-corrected chi connectivity index (χ4v) is 4.03. The molecule has 0 radical (unpaired) electrons. The molecule has 0 spiro atoms. The number of ketones is 1. The molecule has 2 N–H and O–H groups in total. The highest BCUT2D eigenvalue weighted by Crippen LogP contribution is 2.40. The summed E-state index contributed by atoms with van der Waals surface area (Å²) in [6.07, 6.45) is 4.08. The van der Waals surface area contributed by atoms with Gasteiger partial charge in [-0.15, -0.1) is 0 Å². The molecule has 1 rings (SSSR count). The largest absolute Gasteiger partial charge is 0.396 e. The van der Waals surface area contributed by atoms with Crippen LogP contribution < -0.4 is 0 Å². The Kier molecular flexibility index (Phi) is 8.89. The van der Waals surface area contributed by atoms with Gasteiger partial charge in [-0.3, -0.25) is 4.79 Å². The van der Waals surface area contributed by atoms with Crippen LogP contribution in [-0.4, -0.2) is 40.9 Å². The van der Waals surface area contributed by atoms with Gasteiger partial charge in [0, 0.05) is 18.9 Å². The van der Waals surface area contributed by atoms with Gasteiger partial charge in [0.05, 0.1) is 18.3 Å². The van der Waals surface area contributed by atoms with E-state index >= 15 is 0 Å². The zero-order valence-corrected chi connectivity index (χ0v) is 16.3. The highest BCUT2D eigenvalue weighted by Gasteiger charge is 2.46. The number of Topliss-reactive ketones (excluding diaryl/α,β-unsaturated/α-hetero) is 1. The SMILES string of the molecule is CCCC(C)C(=O)CC(C(C)C)[C@]1(C)OCC(CCO)CC[C@H]1O. The van der Waals surface area contributed by atoms with Crippen LogP contribution >= 0.6 is 0 Å². The molecule has 24 heavy (non-hydrogen) atoms. The van der Waals surface area contributed by atoms with Gasteiger partial charge < -0.3 is 14.9 Å². The van der Waals surface area contributed by atoms with Crippen molar-refractivity contribution in [3.05, 3.63) is 0 Å². The third-order valence-corrected chi connectivity index (χ3v) is 5.91. The van der Waals surface area contributed by atoms with Gasteiger partial charge in [-0.25, -0.2) is 0 Å². The number of aliphatic hydroxyl groups is 2. The van der Waals surface area contributed by atoms with E-state index in [1.807, 2.05) is 13.8 Å². The van der Waals surface area contributed by atoms with E-state index < -0.39 is 11.7 Å². The number of hydrogen-bond acceptors (Lipinski definition) is 4. The summed E-state index contributed by atoms with van der Waals surface area (Å²) in [7, 11) is 0. The van der Waals surface area contributed by atoms with E-state index in [4.69, 9.17) is 4.74 Å². The molecule has 4 heteroatoms. The van der Waals surface area contributed by atoms with Crippen LogP contribution in [0.4, 0.5) is 0 Å². The van der Waals surface area contributed by atoms with Crippen molar-refractivity contribution in [2.45, 2.75) is 84.8 Å². The zero-order chi connectivity index (χ0) is 18.3. The second kappa shape index (κ2) is 9.88. The highest BCUT2D eigenvalue weighted by atomic mass is 16.5. The van der Waals surface area contributed by atoms with Gasteiger partial charge in [0.25, 0.3) is 0 Å². The van der Waals surface area contributed by atoms with Gasteiger partial charge in [0.15, 0.2) is 0 Å². The van der Waals surface area contributed by atoms with Crippen LogP contribution in [-0.2, 0) is 9.53 Å². The molecule has 0 aromatic carbocycles. The van der Waals surface area contributed by atoms with E-state index in [0.717, 1.165) is 19.3 Å². The lowest BCUT2D eigenvalue weighted by atomic mass is 9.72. The van der Waals surface area contributed by atoms with Gasteiger partial charge >= 0.3 is 0 Å². The first kappa shape index (κ1) is 21.6. The minimum Gasteiger partial charge on any atom is -0.396 e. The van der Waals surface area contributed by atoms with Crippen molar-refractivity contribution in [2.75, 3.05) is 13.2 Å². The maximum absolute atomic E-state index is 12.6. The van der Waals surface area contributed by atoms with E-state index in [-0.39, 0.29) is 36.1 Å². The summed E-state index contributed by atoms with van der Waals surface area (Å²) in [5.41, 5.74) is -0.694. The summed E-state index contributed by atoms with van der Waals surface area (Å²) in [5.74, 6) is 0.909. The Bertz CT molecular complexity index is 382. The molecule has 142 valence electrons. The van der Waals surface area contributed by atoms with Crippen molar-refractivity contribution in [1.29, 1.82) is 0 Å². The maximum Gasteiger partial charge on any atom is 0.136 e. The minimum absolute atomic E-state index is 0.00665. The van der Waals surface area contributed by atoms with Crippen molar-refractivity contribution >= 4 is 5.78 Å². The third-order valence-electron chi connectivity index (χ3n) is 5.91. The van der Waals surface area contributed by atoms with Crippen molar-refractivity contribution in [3.8, 4) is 0 Å². The molecule has 1 aliphatic heterocycles. The summed E-state index contributed by atoms with van der Waals surface area (Å²) >= 11 is 0. The van der Waals surface area contributed by atoms with Crippen molar-refractivity contribution < 1.29 is 19.7 Å². The molecular formula is C20H38O4. The smallest absolute Gasteiger partial charge is 0.136 e. The Hall–Kier alpha value is -0.450. The van der Waals surface area contributed by atoms with Crippen molar-refractivity contribution in [2.24, 2.45) is 23.7 Å². The Morgan fingerprint density at radius 3 is 2.50 bits per heavy atom. The molecule has 0 saturated carbocycles. The Morgan fingerprint density at radius 1 is 1.29 bits per heavy atom. The first-order chi connectivity index (χ1) is 11.3. The fraction of sp³-hybridized carbons (Fsp3) is 0.950. The molecule has 5 atom stereocenters. The monoisotopic (exact) mass is 342 g/mol. The predicted octanol–water partition coefficient (Wildman–Crippen LogP) is 3.58. The molecule has 3 unspecified atom stereocenters. The Labute approximate surface area is 148 Å². The van der Waals surface area contributed by atoms with Gasteiger partial charge in [-0.05, 0) is 50.4 Å². The van der Waals surface area contributed by atoms with E-state index in [1.165, 1.54) is 0 Å². The van der Waals surface area contributed by atoms with Crippen LogP contribution in [0, 0.1) is 23.7 Å². The Morgan fingerprint density at radius 2 is 1.96 bits per heavy atom. The molecular weight excluding hydrogens is 304 g/mol. The average molecular weight is 343 g/mol. The maximum atomic E-state index is 12.6. The normalized spacial score (nSPS) is 30.8. The summed E-state index contributed by atoms with van der Waals surface area (Å²) in [6.45, 7) is 11.0. The summed E-state index contributed by atoms with van der Waals surface area (Å²) < 4.78 is 6.22. The number of aliphatic hydroxyl groups excluding tert-OH is 2. The van der Waals surface area contributed by atoms with E-state index in [2.05, 4.69) is 20.8 Å². The lowest BCUT2D eigenvalue weighted by Crippen LogP contribution is -2.50. The fourth-order valence-electron chi connectivity index (χ4n) is 4.03. The van der Waals surface area contributed by atoms with E-state index in [0.29, 0.717) is 25.9 Å². The molecule has 1 aliphatic rings. The third kappa shape index (κ3) is 5.53. The molecule has 1 fully saturated rings. The van der Waals surface area contributed by atoms with Crippen molar-refractivity contribution in [1.82, 2.24) is 0 Å². The van der Waals surface area contributed by atoms with Gasteiger partial charge in [-0.2, -0.15) is 0 Å². The molecule has 0 bridgehead atoms. The van der Waals surface area contributed by atoms with Crippen LogP contribution in [0.15, 0.2) is 0 Å². The first-order valence-corrected chi connectivity index (χ1v) is 9.71. The van der Waals surface area contributed by atoms with Crippen LogP contribution in [0.3, 0.4) is 0 Å². The molecule has 0 aromatic heterocycles. The van der Waals surface area contributed by atoms with Crippen LogP contribution in [0.2, 0.25) is 0 Å². The average Bonchev–Trinajstić information content (AvgIpc) is 2.66. The zero-order valence-electron chi connectivity index (χ0n) is 16.3. The quantitative estimate of drug-likeness (QED) is 0.672. The van der Waals surface area contributed by atoms with Crippen LogP contribution in [0.5, 0.6) is 0 Å². The summed E-state index contributed by atoms with van der Waals surface area (Å²) in [6, 6.07) is 0. The number of rotatable bonds is 9. The van der Waals surface area contributed by atoms with Crippen molar-refractivity contribution in [3.63, 3.8) is 0 Å². The standard InChI is InChI=1S/C20H38O4/c1-6-7-15(4)18(22)12-17(14(2)3)20(5)19(23)9-8-16(10-11-21)13-24-20/h14-17,19,21,23H,6-13H2,1-5H3/t15?,16?,17?,19-,20+/m1/s1. The molecule has 0 amide bonds. The van der Waals surface area contributed by atoms with Crippen LogP contribution in [0.1, 0.15) is 73.1 Å². The Balaban J connectivity index is 2.89. The molecule has 1 heterocycles. The van der Waals surface area contributed by atoms with Gasteiger partial charge in [0.2, 0.25) is 0 Å². The second-order valence-corrected chi connectivity index (χ2v) is 8.18. The lowest BCUT2D eigenvalue weighted by Gasteiger charge is -2.42. The summed E-state index contributed by atoms with van der Waals surface area (Å²) in [5, 5.41) is 19.9. The van der Waals surface area contributed by atoms with Gasteiger partial charge in [0.1, 0.15) is 5.78 Å². The summed E-state index contributed by atoms with van der Waals surface area (Å²) in [4.78, 5) is 12.6. The lowest BCUT2D eigenvalue weighted by molar-refractivity contribution is -0.158. The number of ether oxygens (including phenoxy) is 1. The molecule has 1 saturated heterocycles. The number of carbonyl (C=O) groups excluding carboxylic acids is 1. The number of carbonyl (C=O) groups is 1. The number of hydrogen-bond donors (Lipinski definition) is 2.